The van der Waals surface area contributed by atoms with Crippen LogP contribution in [0.1, 0.15) is 30.1 Å². The Kier molecular flexibility index (Phi) is 4.84. The molecule has 0 fully saturated rings. The van der Waals surface area contributed by atoms with Crippen LogP contribution in [-0.4, -0.2) is 38.4 Å². The fourth-order valence-electron chi connectivity index (χ4n) is 1.90. The number of aromatic nitrogens is 3. The topological polar surface area (TPSA) is 80.0 Å². The van der Waals surface area contributed by atoms with Crippen molar-refractivity contribution in [1.82, 2.24) is 20.1 Å². The highest BCUT2D eigenvalue weighted by Crippen LogP contribution is 2.09. The third-order valence-corrected chi connectivity index (χ3v) is 3.02. The molecule has 6 heteroatoms. The fraction of sp³-hybridized carbons (Fsp3) is 0.357. The van der Waals surface area contributed by atoms with Crippen molar-refractivity contribution in [1.29, 1.82) is 0 Å². The van der Waals surface area contributed by atoms with Gasteiger partial charge in [-0.05, 0) is 44.0 Å². The van der Waals surface area contributed by atoms with Crippen molar-refractivity contribution in [3.8, 4) is 5.69 Å². The van der Waals surface area contributed by atoms with Crippen LogP contribution in [0.15, 0.2) is 36.9 Å². The summed E-state index contributed by atoms with van der Waals surface area (Å²) in [5.41, 5.74) is 1.51. The largest absolute Gasteiger partial charge is 0.396 e. The molecular weight excluding hydrogens is 256 g/mol. The third kappa shape index (κ3) is 3.64. The van der Waals surface area contributed by atoms with Crippen LogP contribution in [-0.2, 0) is 0 Å². The Morgan fingerprint density at radius 3 is 2.55 bits per heavy atom. The highest BCUT2D eigenvalue weighted by molar-refractivity contribution is 5.94. The molecule has 20 heavy (non-hydrogen) atoms. The van der Waals surface area contributed by atoms with Crippen LogP contribution < -0.4 is 5.32 Å². The predicted molar refractivity (Wildman–Crippen MR) is 74.6 cm³/mol. The van der Waals surface area contributed by atoms with Gasteiger partial charge >= 0.3 is 0 Å². The number of aliphatic hydroxyl groups excluding tert-OH is 1. The lowest BCUT2D eigenvalue weighted by atomic mass is 10.1. The molecule has 0 aliphatic rings. The van der Waals surface area contributed by atoms with Gasteiger partial charge in [-0.1, -0.05) is 0 Å². The average Bonchev–Trinajstić information content (AvgIpc) is 2.99. The minimum absolute atomic E-state index is 0.0483. The molecule has 2 N–H and O–H groups in total. The first-order valence-corrected chi connectivity index (χ1v) is 6.57. The summed E-state index contributed by atoms with van der Waals surface area (Å²) in [5.74, 6) is -0.106. The van der Waals surface area contributed by atoms with Gasteiger partial charge in [-0.2, -0.15) is 0 Å². The van der Waals surface area contributed by atoms with Crippen molar-refractivity contribution < 1.29 is 9.90 Å². The van der Waals surface area contributed by atoms with Crippen molar-refractivity contribution in [2.24, 2.45) is 0 Å². The molecule has 2 aromatic rings. The van der Waals surface area contributed by atoms with E-state index in [0.29, 0.717) is 12.0 Å². The molecule has 0 aliphatic carbocycles. The average molecular weight is 274 g/mol. The molecule has 0 bridgehead atoms. The van der Waals surface area contributed by atoms with Gasteiger partial charge in [0.15, 0.2) is 0 Å². The first kappa shape index (κ1) is 14.2. The molecule has 0 radical (unpaired) electrons. The summed E-state index contributed by atoms with van der Waals surface area (Å²) >= 11 is 0. The number of benzene rings is 1. The fourth-order valence-corrected chi connectivity index (χ4v) is 1.90. The molecule has 1 aromatic heterocycles. The highest BCUT2D eigenvalue weighted by atomic mass is 16.3. The van der Waals surface area contributed by atoms with Gasteiger partial charge in [-0.25, -0.2) is 0 Å². The van der Waals surface area contributed by atoms with Gasteiger partial charge in [0, 0.05) is 23.9 Å². The number of rotatable bonds is 6. The quantitative estimate of drug-likeness (QED) is 0.828. The van der Waals surface area contributed by atoms with Gasteiger partial charge in [-0.3, -0.25) is 9.36 Å². The molecule has 0 saturated carbocycles. The number of amides is 1. The summed E-state index contributed by atoms with van der Waals surface area (Å²) in [5, 5.41) is 19.1. The van der Waals surface area contributed by atoms with E-state index >= 15 is 0 Å². The minimum atomic E-state index is -0.106. The number of aliphatic hydroxyl groups is 1. The van der Waals surface area contributed by atoms with Crippen molar-refractivity contribution in [2.45, 2.75) is 25.8 Å². The predicted octanol–water partition coefficient (Wildman–Crippen LogP) is 1.16. The zero-order valence-electron chi connectivity index (χ0n) is 11.4. The van der Waals surface area contributed by atoms with Crippen LogP contribution in [0.2, 0.25) is 0 Å². The molecule has 6 nitrogen and oxygen atoms in total. The van der Waals surface area contributed by atoms with Crippen molar-refractivity contribution in [2.75, 3.05) is 6.61 Å². The normalized spacial score (nSPS) is 12.1. The summed E-state index contributed by atoms with van der Waals surface area (Å²) in [6.07, 6.45) is 4.66. The zero-order valence-corrected chi connectivity index (χ0v) is 11.4. The molecule has 0 spiro atoms. The van der Waals surface area contributed by atoms with Gasteiger partial charge in [0.2, 0.25) is 0 Å². The monoisotopic (exact) mass is 274 g/mol. The van der Waals surface area contributed by atoms with E-state index in [4.69, 9.17) is 5.11 Å². The van der Waals surface area contributed by atoms with Gasteiger partial charge in [0.05, 0.1) is 0 Å². The van der Waals surface area contributed by atoms with Crippen LogP contribution in [0.3, 0.4) is 0 Å². The van der Waals surface area contributed by atoms with E-state index in [0.717, 1.165) is 12.1 Å². The van der Waals surface area contributed by atoms with Crippen molar-refractivity contribution >= 4 is 5.91 Å². The lowest BCUT2D eigenvalue weighted by molar-refractivity contribution is 0.0936. The minimum Gasteiger partial charge on any atom is -0.396 e. The maximum atomic E-state index is 12.0. The van der Waals surface area contributed by atoms with Crippen molar-refractivity contribution in [3.05, 3.63) is 42.5 Å². The van der Waals surface area contributed by atoms with Crippen LogP contribution in [0.4, 0.5) is 0 Å². The molecule has 1 atom stereocenters. The summed E-state index contributed by atoms with van der Waals surface area (Å²) in [6.45, 7) is 2.08. The maximum absolute atomic E-state index is 12.0. The Hall–Kier alpha value is -2.21. The first-order chi connectivity index (χ1) is 9.70. The molecule has 1 unspecified atom stereocenters. The molecular formula is C14H18N4O2. The van der Waals surface area contributed by atoms with Crippen molar-refractivity contribution in [3.63, 3.8) is 0 Å². The van der Waals surface area contributed by atoms with E-state index in [2.05, 4.69) is 15.5 Å². The summed E-state index contributed by atoms with van der Waals surface area (Å²) < 4.78 is 1.77. The molecule has 0 aliphatic heterocycles. The molecule has 1 aromatic carbocycles. The van der Waals surface area contributed by atoms with E-state index < -0.39 is 0 Å². The number of hydrogen-bond donors (Lipinski definition) is 2. The van der Waals surface area contributed by atoms with E-state index in [1.165, 1.54) is 0 Å². The Labute approximate surface area is 117 Å². The Bertz CT molecular complexity index is 537. The molecule has 1 amide bonds. The second kappa shape index (κ2) is 6.81. The molecule has 2 rings (SSSR count). The SMILES string of the molecule is CC(CCCO)NC(=O)c1ccc(-n2cnnc2)cc1. The smallest absolute Gasteiger partial charge is 0.251 e. The second-order valence-corrected chi connectivity index (χ2v) is 4.66. The summed E-state index contributed by atoms with van der Waals surface area (Å²) in [4.78, 5) is 12.0. The Balaban J connectivity index is 1.97. The van der Waals surface area contributed by atoms with Crippen LogP contribution >= 0.6 is 0 Å². The Morgan fingerprint density at radius 1 is 1.30 bits per heavy atom. The van der Waals surface area contributed by atoms with Crippen LogP contribution in [0.5, 0.6) is 0 Å². The van der Waals surface area contributed by atoms with Gasteiger partial charge in [-0.15, -0.1) is 10.2 Å². The van der Waals surface area contributed by atoms with Gasteiger partial charge in [0.25, 0.3) is 5.91 Å². The number of carbonyl (C=O) groups is 1. The summed E-state index contributed by atoms with van der Waals surface area (Å²) in [6, 6.07) is 7.27. The van der Waals surface area contributed by atoms with E-state index in [1.807, 2.05) is 19.1 Å². The summed E-state index contributed by atoms with van der Waals surface area (Å²) in [7, 11) is 0. The lowest BCUT2D eigenvalue weighted by Gasteiger charge is -2.13. The number of hydrogen-bond acceptors (Lipinski definition) is 4. The van der Waals surface area contributed by atoms with Gasteiger partial charge < -0.3 is 10.4 Å². The van der Waals surface area contributed by atoms with E-state index in [-0.39, 0.29) is 18.6 Å². The van der Waals surface area contributed by atoms with Crippen LogP contribution in [0, 0.1) is 0 Å². The van der Waals surface area contributed by atoms with Gasteiger partial charge in [0.1, 0.15) is 12.7 Å². The molecule has 106 valence electrons. The molecule has 1 heterocycles. The lowest BCUT2D eigenvalue weighted by Crippen LogP contribution is -2.32. The number of nitrogens with one attached hydrogen (secondary N) is 1. The number of carbonyl (C=O) groups excluding carboxylic acids is 1. The van der Waals surface area contributed by atoms with E-state index in [9.17, 15) is 4.79 Å². The third-order valence-electron chi connectivity index (χ3n) is 3.02. The highest BCUT2D eigenvalue weighted by Gasteiger charge is 2.09. The maximum Gasteiger partial charge on any atom is 0.251 e. The zero-order chi connectivity index (χ0) is 14.4. The van der Waals surface area contributed by atoms with Crippen LogP contribution in [0.25, 0.3) is 5.69 Å². The molecule has 0 saturated heterocycles. The number of nitrogens with zero attached hydrogens (tertiary/aromatic N) is 3. The first-order valence-electron chi connectivity index (χ1n) is 6.57. The van der Waals surface area contributed by atoms with E-state index in [1.54, 1.807) is 29.4 Å². The second-order valence-electron chi connectivity index (χ2n) is 4.66. The Morgan fingerprint density at radius 2 is 1.95 bits per heavy atom. The standard InChI is InChI=1S/C14H18N4O2/c1-11(3-2-8-19)17-14(20)12-4-6-13(7-5-12)18-9-15-16-10-18/h4-7,9-11,19H,2-3,8H2,1H3,(H,17,20).